The van der Waals surface area contributed by atoms with Crippen LogP contribution in [-0.2, 0) is 6.54 Å². The van der Waals surface area contributed by atoms with E-state index in [2.05, 4.69) is 10.4 Å². The molecule has 1 aromatic heterocycles. The van der Waals surface area contributed by atoms with Gasteiger partial charge in [-0.25, -0.2) is 9.07 Å². The molecule has 94 valence electrons. The van der Waals surface area contributed by atoms with Gasteiger partial charge in [-0.15, -0.1) is 0 Å². The van der Waals surface area contributed by atoms with Crippen molar-refractivity contribution in [1.82, 2.24) is 9.78 Å². The van der Waals surface area contributed by atoms with Crippen LogP contribution in [0.15, 0.2) is 35.3 Å². The van der Waals surface area contributed by atoms with Crippen LogP contribution in [0, 0.1) is 5.82 Å². The summed E-state index contributed by atoms with van der Waals surface area (Å²) in [6, 6.07) is 5.61. The number of benzene rings is 1. The molecule has 1 heterocycles. The van der Waals surface area contributed by atoms with E-state index in [9.17, 15) is 9.18 Å². The van der Waals surface area contributed by atoms with E-state index in [4.69, 9.17) is 11.6 Å². The van der Waals surface area contributed by atoms with Gasteiger partial charge in [0.2, 0.25) is 0 Å². The van der Waals surface area contributed by atoms with Crippen LogP contribution in [0.3, 0.4) is 0 Å². The van der Waals surface area contributed by atoms with Crippen molar-refractivity contribution in [3.8, 4) is 0 Å². The predicted octanol–water partition coefficient (Wildman–Crippen LogP) is 2.13. The smallest absolute Gasteiger partial charge is 0.269 e. The van der Waals surface area contributed by atoms with E-state index in [1.165, 1.54) is 35.1 Å². The third-order valence-corrected chi connectivity index (χ3v) is 2.72. The highest BCUT2D eigenvalue weighted by Crippen LogP contribution is 2.15. The van der Waals surface area contributed by atoms with Crippen LogP contribution in [0.4, 0.5) is 10.1 Å². The van der Waals surface area contributed by atoms with Crippen LogP contribution in [-0.4, -0.2) is 16.8 Å². The summed E-state index contributed by atoms with van der Waals surface area (Å²) in [5.74, 6) is -0.411. The normalized spacial score (nSPS) is 10.4. The minimum absolute atomic E-state index is 0.0508. The second-order valence-electron chi connectivity index (χ2n) is 3.73. The van der Waals surface area contributed by atoms with Crippen LogP contribution in [0.2, 0.25) is 5.02 Å². The number of rotatable bonds is 3. The molecule has 1 N–H and O–H groups in total. The average Bonchev–Trinajstić information content (AvgIpc) is 2.36. The van der Waals surface area contributed by atoms with E-state index in [0.717, 1.165) is 0 Å². The highest BCUT2D eigenvalue weighted by Gasteiger charge is 2.06. The Labute approximate surface area is 108 Å². The molecule has 0 aliphatic heterocycles. The highest BCUT2D eigenvalue weighted by molar-refractivity contribution is 6.30. The molecule has 0 saturated carbocycles. The largest absolute Gasteiger partial charge is 0.387 e. The summed E-state index contributed by atoms with van der Waals surface area (Å²) < 4.78 is 14.7. The molecule has 0 amide bonds. The van der Waals surface area contributed by atoms with Crippen molar-refractivity contribution in [3.05, 3.63) is 57.2 Å². The maximum Gasteiger partial charge on any atom is 0.269 e. The first-order valence-corrected chi connectivity index (χ1v) is 5.67. The summed E-state index contributed by atoms with van der Waals surface area (Å²) >= 11 is 5.79. The Morgan fingerprint density at radius 2 is 2.22 bits per heavy atom. The molecule has 0 aliphatic rings. The van der Waals surface area contributed by atoms with E-state index in [1.807, 2.05) is 0 Å². The van der Waals surface area contributed by atoms with Crippen molar-refractivity contribution >= 4 is 17.3 Å². The van der Waals surface area contributed by atoms with Gasteiger partial charge >= 0.3 is 0 Å². The predicted molar refractivity (Wildman–Crippen MR) is 68.6 cm³/mol. The molecule has 1 aromatic carbocycles. The molecule has 2 rings (SSSR count). The molecule has 4 nitrogen and oxygen atoms in total. The van der Waals surface area contributed by atoms with E-state index < -0.39 is 5.82 Å². The van der Waals surface area contributed by atoms with Gasteiger partial charge in [-0.2, -0.15) is 5.10 Å². The first-order valence-electron chi connectivity index (χ1n) is 5.29. The number of nitrogens with one attached hydrogen (secondary N) is 1. The summed E-state index contributed by atoms with van der Waals surface area (Å²) in [5.41, 5.74) is 0.637. The van der Waals surface area contributed by atoms with Crippen molar-refractivity contribution in [2.45, 2.75) is 6.54 Å². The van der Waals surface area contributed by atoms with Gasteiger partial charge in [0, 0.05) is 23.7 Å². The minimum atomic E-state index is -0.411. The number of halogens is 2. The molecule has 6 heteroatoms. The number of anilines is 1. The maximum absolute atomic E-state index is 13.5. The third-order valence-electron chi connectivity index (χ3n) is 2.49. The van der Waals surface area contributed by atoms with Crippen LogP contribution in [0.25, 0.3) is 0 Å². The first kappa shape index (κ1) is 12.6. The SMILES string of the molecule is CNc1cnn(Cc2cc(Cl)ccc2F)c(=O)c1. The van der Waals surface area contributed by atoms with Crippen LogP contribution in [0.5, 0.6) is 0 Å². The lowest BCUT2D eigenvalue weighted by Crippen LogP contribution is -2.23. The Kier molecular flexibility index (Phi) is 3.62. The second kappa shape index (κ2) is 5.18. The topological polar surface area (TPSA) is 46.9 Å². The molecule has 0 unspecified atom stereocenters. The summed E-state index contributed by atoms with van der Waals surface area (Å²) in [7, 11) is 1.69. The lowest BCUT2D eigenvalue weighted by molar-refractivity contribution is 0.572. The number of hydrogen-bond donors (Lipinski definition) is 1. The summed E-state index contributed by atoms with van der Waals surface area (Å²) in [6.07, 6.45) is 1.50. The molecule has 0 bridgehead atoms. The van der Waals surface area contributed by atoms with Crippen molar-refractivity contribution in [3.63, 3.8) is 0 Å². The molecule has 0 saturated heterocycles. The van der Waals surface area contributed by atoms with Crippen LogP contribution < -0.4 is 10.9 Å². The zero-order valence-electron chi connectivity index (χ0n) is 9.65. The number of nitrogens with zero attached hydrogens (tertiary/aromatic N) is 2. The Balaban J connectivity index is 2.34. The molecule has 2 aromatic rings. The summed E-state index contributed by atoms with van der Waals surface area (Å²) in [5, 5.41) is 7.18. The standard InChI is InChI=1S/C12H11ClFN3O/c1-15-10-5-12(18)17(16-6-10)7-8-4-9(13)2-3-11(8)14/h2-6,15H,7H2,1H3. The van der Waals surface area contributed by atoms with Crippen molar-refractivity contribution in [2.75, 3.05) is 12.4 Å². The summed E-state index contributed by atoms with van der Waals surface area (Å²) in [4.78, 5) is 11.7. The average molecular weight is 268 g/mol. The van der Waals surface area contributed by atoms with Crippen molar-refractivity contribution in [2.24, 2.45) is 0 Å². The van der Waals surface area contributed by atoms with Crippen LogP contribution >= 0.6 is 11.6 Å². The van der Waals surface area contributed by atoms with Gasteiger partial charge in [0.1, 0.15) is 5.82 Å². The van der Waals surface area contributed by atoms with Gasteiger partial charge in [0.25, 0.3) is 5.56 Å². The van der Waals surface area contributed by atoms with E-state index in [1.54, 1.807) is 7.05 Å². The van der Waals surface area contributed by atoms with E-state index >= 15 is 0 Å². The molecule has 0 fully saturated rings. The minimum Gasteiger partial charge on any atom is -0.387 e. The lowest BCUT2D eigenvalue weighted by atomic mass is 10.2. The van der Waals surface area contributed by atoms with Gasteiger partial charge in [0.15, 0.2) is 0 Å². The zero-order chi connectivity index (χ0) is 13.1. The second-order valence-corrected chi connectivity index (χ2v) is 4.16. The van der Waals surface area contributed by atoms with Crippen molar-refractivity contribution in [1.29, 1.82) is 0 Å². The molecule has 18 heavy (non-hydrogen) atoms. The van der Waals surface area contributed by atoms with Gasteiger partial charge in [-0.1, -0.05) is 11.6 Å². The number of hydrogen-bond acceptors (Lipinski definition) is 3. The molecular weight excluding hydrogens is 257 g/mol. The lowest BCUT2D eigenvalue weighted by Gasteiger charge is -2.07. The monoisotopic (exact) mass is 267 g/mol. The van der Waals surface area contributed by atoms with Gasteiger partial charge < -0.3 is 5.32 Å². The zero-order valence-corrected chi connectivity index (χ0v) is 10.4. The molecule has 0 atom stereocenters. The molecular formula is C12H11ClFN3O. The van der Waals surface area contributed by atoms with Crippen molar-refractivity contribution < 1.29 is 4.39 Å². The first-order chi connectivity index (χ1) is 8.60. The number of aromatic nitrogens is 2. The molecule has 0 radical (unpaired) electrons. The fraction of sp³-hybridized carbons (Fsp3) is 0.167. The van der Waals surface area contributed by atoms with Gasteiger partial charge in [-0.05, 0) is 18.2 Å². The maximum atomic E-state index is 13.5. The molecule has 0 spiro atoms. The van der Waals surface area contributed by atoms with Gasteiger partial charge in [0.05, 0.1) is 18.4 Å². The third kappa shape index (κ3) is 2.68. The van der Waals surface area contributed by atoms with Gasteiger partial charge in [-0.3, -0.25) is 4.79 Å². The fourth-order valence-electron chi connectivity index (χ4n) is 1.51. The Morgan fingerprint density at radius 3 is 2.89 bits per heavy atom. The highest BCUT2D eigenvalue weighted by atomic mass is 35.5. The van der Waals surface area contributed by atoms with E-state index in [0.29, 0.717) is 16.3 Å². The fourth-order valence-corrected chi connectivity index (χ4v) is 1.71. The Morgan fingerprint density at radius 1 is 1.44 bits per heavy atom. The Hall–Kier alpha value is -1.88. The molecule has 0 aliphatic carbocycles. The van der Waals surface area contributed by atoms with Crippen LogP contribution in [0.1, 0.15) is 5.56 Å². The Bertz CT molecular complexity index is 627. The van der Waals surface area contributed by atoms with E-state index in [-0.39, 0.29) is 12.1 Å². The summed E-state index contributed by atoms with van der Waals surface area (Å²) in [6.45, 7) is 0.0508. The quantitative estimate of drug-likeness (QED) is 0.927.